The minimum Gasteiger partial charge on any atom is -0.352 e. The van der Waals surface area contributed by atoms with E-state index < -0.39 is 0 Å². The maximum Gasteiger partial charge on any atom is 0.224 e. The molecule has 0 radical (unpaired) electrons. The molecule has 3 nitrogen and oxygen atoms in total. The summed E-state index contributed by atoms with van der Waals surface area (Å²) in [6.07, 6.45) is 0.749. The lowest BCUT2D eigenvalue weighted by Gasteiger charge is -2.37. The highest BCUT2D eigenvalue weighted by atomic mass is 19.1. The normalized spacial score (nSPS) is 19.2. The van der Waals surface area contributed by atoms with Gasteiger partial charge in [0.1, 0.15) is 11.6 Å². The molecular formula is C26H26F2N2O. The summed E-state index contributed by atoms with van der Waals surface area (Å²) in [5.41, 5.74) is 2.84. The van der Waals surface area contributed by atoms with E-state index in [1.807, 2.05) is 24.3 Å². The second-order valence-corrected chi connectivity index (χ2v) is 8.21. The molecule has 4 rings (SSSR count). The highest BCUT2D eigenvalue weighted by Gasteiger charge is 2.32. The summed E-state index contributed by atoms with van der Waals surface area (Å²) >= 11 is 0. The van der Waals surface area contributed by atoms with Crippen molar-refractivity contribution >= 4 is 5.91 Å². The van der Waals surface area contributed by atoms with E-state index in [9.17, 15) is 13.6 Å². The van der Waals surface area contributed by atoms with Gasteiger partial charge in [-0.05, 0) is 53.3 Å². The van der Waals surface area contributed by atoms with E-state index >= 15 is 0 Å². The van der Waals surface area contributed by atoms with E-state index in [2.05, 4.69) is 22.3 Å². The SMILES string of the molecule is O=C(NCc1cccc(F)c1)C1CC(c2ccccc2)CN(Cc2cccc(F)c2)C1. The number of rotatable bonds is 6. The van der Waals surface area contributed by atoms with Crippen LogP contribution >= 0.6 is 0 Å². The number of carbonyl (C=O) groups is 1. The van der Waals surface area contributed by atoms with Crippen LogP contribution in [0.25, 0.3) is 0 Å². The fourth-order valence-corrected chi connectivity index (χ4v) is 4.35. The molecule has 160 valence electrons. The molecule has 0 spiro atoms. The first-order valence-electron chi connectivity index (χ1n) is 10.6. The second-order valence-electron chi connectivity index (χ2n) is 8.21. The highest BCUT2D eigenvalue weighted by molar-refractivity contribution is 5.79. The second kappa shape index (κ2) is 9.84. The number of likely N-dealkylation sites (tertiary alicyclic amines) is 1. The van der Waals surface area contributed by atoms with Crippen molar-refractivity contribution in [1.29, 1.82) is 0 Å². The Bertz CT molecular complexity index is 1020. The lowest BCUT2D eigenvalue weighted by atomic mass is 9.84. The third-order valence-electron chi connectivity index (χ3n) is 5.82. The van der Waals surface area contributed by atoms with Gasteiger partial charge in [0, 0.05) is 26.2 Å². The van der Waals surface area contributed by atoms with E-state index in [-0.39, 0.29) is 29.4 Å². The van der Waals surface area contributed by atoms with E-state index in [0.29, 0.717) is 19.6 Å². The number of hydrogen-bond donors (Lipinski definition) is 1. The Kier molecular flexibility index (Phi) is 6.73. The molecule has 1 N–H and O–H groups in total. The van der Waals surface area contributed by atoms with Gasteiger partial charge in [-0.25, -0.2) is 8.78 Å². The van der Waals surface area contributed by atoms with Crippen LogP contribution in [0.5, 0.6) is 0 Å². The smallest absolute Gasteiger partial charge is 0.224 e. The fourth-order valence-electron chi connectivity index (χ4n) is 4.35. The van der Waals surface area contributed by atoms with Crippen molar-refractivity contribution in [1.82, 2.24) is 10.2 Å². The molecular weight excluding hydrogens is 394 g/mol. The maximum absolute atomic E-state index is 13.6. The Morgan fingerprint density at radius 2 is 1.55 bits per heavy atom. The van der Waals surface area contributed by atoms with Crippen LogP contribution in [-0.2, 0) is 17.9 Å². The molecule has 3 aromatic rings. The summed E-state index contributed by atoms with van der Waals surface area (Å²) in [4.78, 5) is 15.2. The number of hydrogen-bond acceptors (Lipinski definition) is 2. The third kappa shape index (κ3) is 5.76. The van der Waals surface area contributed by atoms with Crippen LogP contribution in [0.1, 0.15) is 29.0 Å². The number of nitrogens with one attached hydrogen (secondary N) is 1. The number of piperidine rings is 1. The molecule has 1 fully saturated rings. The predicted octanol–water partition coefficient (Wildman–Crippen LogP) is 4.89. The average molecular weight is 421 g/mol. The van der Waals surface area contributed by atoms with Crippen LogP contribution in [0, 0.1) is 17.6 Å². The van der Waals surface area contributed by atoms with E-state index in [1.54, 1.807) is 24.3 Å². The molecule has 3 aromatic carbocycles. The summed E-state index contributed by atoms with van der Waals surface area (Å²) in [5, 5.41) is 2.97. The van der Waals surface area contributed by atoms with E-state index in [1.165, 1.54) is 23.8 Å². The lowest BCUT2D eigenvalue weighted by Crippen LogP contribution is -2.45. The van der Waals surface area contributed by atoms with Gasteiger partial charge in [0.05, 0.1) is 5.92 Å². The number of halogens is 2. The molecule has 1 saturated heterocycles. The van der Waals surface area contributed by atoms with Crippen LogP contribution < -0.4 is 5.32 Å². The first kappa shape index (κ1) is 21.2. The number of carbonyl (C=O) groups excluding carboxylic acids is 1. The highest BCUT2D eigenvalue weighted by Crippen LogP contribution is 2.31. The molecule has 5 heteroatoms. The Labute approximate surface area is 181 Å². The summed E-state index contributed by atoms with van der Waals surface area (Å²) < 4.78 is 27.1. The zero-order valence-corrected chi connectivity index (χ0v) is 17.3. The van der Waals surface area contributed by atoms with Crippen molar-refractivity contribution in [2.24, 2.45) is 5.92 Å². The third-order valence-corrected chi connectivity index (χ3v) is 5.82. The number of benzene rings is 3. The van der Waals surface area contributed by atoms with Gasteiger partial charge in [-0.1, -0.05) is 54.6 Å². The quantitative estimate of drug-likeness (QED) is 0.616. The lowest BCUT2D eigenvalue weighted by molar-refractivity contribution is -0.127. The Hall–Kier alpha value is -3.05. The molecule has 2 unspecified atom stereocenters. The largest absolute Gasteiger partial charge is 0.352 e. The molecule has 1 aliphatic heterocycles. The molecule has 1 amide bonds. The summed E-state index contributed by atoms with van der Waals surface area (Å²) in [6.45, 7) is 2.31. The van der Waals surface area contributed by atoms with Crippen LogP contribution in [0.2, 0.25) is 0 Å². The zero-order valence-electron chi connectivity index (χ0n) is 17.3. The number of amides is 1. The minimum atomic E-state index is -0.310. The predicted molar refractivity (Wildman–Crippen MR) is 117 cm³/mol. The summed E-state index contributed by atoms with van der Waals surface area (Å²) in [7, 11) is 0. The molecule has 0 aromatic heterocycles. The van der Waals surface area contributed by atoms with Crippen molar-refractivity contribution in [2.45, 2.75) is 25.4 Å². The van der Waals surface area contributed by atoms with Gasteiger partial charge in [-0.15, -0.1) is 0 Å². The van der Waals surface area contributed by atoms with Crippen LogP contribution in [0.4, 0.5) is 8.78 Å². The molecule has 0 aliphatic carbocycles. The molecule has 1 aliphatic rings. The van der Waals surface area contributed by atoms with Crippen LogP contribution in [-0.4, -0.2) is 23.9 Å². The zero-order chi connectivity index (χ0) is 21.6. The fraction of sp³-hybridized carbons (Fsp3) is 0.269. The van der Waals surface area contributed by atoms with Gasteiger partial charge in [-0.3, -0.25) is 9.69 Å². The van der Waals surface area contributed by atoms with Crippen LogP contribution in [0.15, 0.2) is 78.9 Å². The molecule has 1 heterocycles. The van der Waals surface area contributed by atoms with Gasteiger partial charge in [0.25, 0.3) is 0 Å². The summed E-state index contributed by atoms with van der Waals surface area (Å²) in [5.74, 6) is -0.572. The van der Waals surface area contributed by atoms with Crippen LogP contribution in [0.3, 0.4) is 0 Å². The first-order chi connectivity index (χ1) is 15.1. The average Bonchev–Trinajstić information content (AvgIpc) is 2.78. The van der Waals surface area contributed by atoms with Crippen molar-refractivity contribution in [3.05, 3.63) is 107 Å². The van der Waals surface area contributed by atoms with Gasteiger partial charge in [0.2, 0.25) is 5.91 Å². The Morgan fingerprint density at radius 3 is 2.26 bits per heavy atom. The first-order valence-corrected chi connectivity index (χ1v) is 10.6. The minimum absolute atomic E-state index is 0.0332. The topological polar surface area (TPSA) is 32.3 Å². The van der Waals surface area contributed by atoms with Gasteiger partial charge < -0.3 is 5.32 Å². The summed E-state index contributed by atoms with van der Waals surface area (Å²) in [6, 6.07) is 23.1. The maximum atomic E-state index is 13.6. The standard InChI is InChI=1S/C26H26F2N2O/c27-24-10-4-6-19(12-24)15-29-26(31)23-14-22(21-8-2-1-3-9-21)17-30(18-23)16-20-7-5-11-25(28)13-20/h1-13,22-23H,14-18H2,(H,29,31). The van der Waals surface area contributed by atoms with E-state index in [4.69, 9.17) is 0 Å². The monoisotopic (exact) mass is 420 g/mol. The van der Waals surface area contributed by atoms with Gasteiger partial charge in [0.15, 0.2) is 0 Å². The number of nitrogens with zero attached hydrogens (tertiary/aromatic N) is 1. The molecule has 0 saturated carbocycles. The van der Waals surface area contributed by atoms with Crippen molar-refractivity contribution in [3.8, 4) is 0 Å². The van der Waals surface area contributed by atoms with Crippen molar-refractivity contribution in [2.75, 3.05) is 13.1 Å². The Balaban J connectivity index is 1.47. The molecule has 2 atom stereocenters. The van der Waals surface area contributed by atoms with E-state index in [0.717, 1.165) is 24.1 Å². The Morgan fingerprint density at radius 1 is 0.871 bits per heavy atom. The van der Waals surface area contributed by atoms with Crippen molar-refractivity contribution in [3.63, 3.8) is 0 Å². The molecule has 31 heavy (non-hydrogen) atoms. The van der Waals surface area contributed by atoms with Crippen molar-refractivity contribution < 1.29 is 13.6 Å². The van der Waals surface area contributed by atoms with Gasteiger partial charge in [-0.2, -0.15) is 0 Å². The molecule has 0 bridgehead atoms. The van der Waals surface area contributed by atoms with Gasteiger partial charge >= 0.3 is 0 Å².